The van der Waals surface area contributed by atoms with E-state index in [0.717, 1.165) is 57.0 Å². The number of nitrogens with one attached hydrogen (secondary N) is 5. The van der Waals surface area contributed by atoms with Gasteiger partial charge in [-0.15, -0.1) is 0 Å². The van der Waals surface area contributed by atoms with Gasteiger partial charge in [0.2, 0.25) is 0 Å². The summed E-state index contributed by atoms with van der Waals surface area (Å²) in [7, 11) is 3.34. The Labute approximate surface area is 421 Å². The van der Waals surface area contributed by atoms with Crippen molar-refractivity contribution in [2.45, 2.75) is 6.92 Å². The van der Waals surface area contributed by atoms with Crippen LogP contribution in [0.25, 0.3) is 0 Å². The molecule has 70 heavy (non-hydrogen) atoms. The third-order valence-corrected chi connectivity index (χ3v) is 9.79. The van der Waals surface area contributed by atoms with Crippen LogP contribution in [0.4, 0.5) is 56.9 Å². The maximum absolute atomic E-state index is 7.75. The highest BCUT2D eigenvalue weighted by atomic mass is 16.5. The number of anilines is 10. The highest BCUT2D eigenvalue weighted by molar-refractivity contribution is 5.66. The Hall–Kier alpha value is -9.20. The Morgan fingerprint density at radius 3 is 1.06 bits per heavy atom. The Morgan fingerprint density at radius 2 is 0.643 bits per heavy atom. The van der Waals surface area contributed by atoms with Crippen LogP contribution in [0.15, 0.2) is 285 Å². The molecule has 0 aliphatic carbocycles. The van der Waals surface area contributed by atoms with Crippen molar-refractivity contribution >= 4 is 56.9 Å². The molecule has 0 radical (unpaired) electrons. The number of hydrogen-bond donors (Lipinski definition) is 5. The number of hydrogen-bond acceptors (Lipinski definition) is 7. The first-order chi connectivity index (χ1) is 36.6. The number of aryl methyl sites for hydroxylation is 1. The van der Waals surface area contributed by atoms with Gasteiger partial charge in [0.25, 0.3) is 0 Å². The fraction of sp³-hybridized carbons (Fsp3) is 0.0476. The van der Waals surface area contributed by atoms with Gasteiger partial charge in [-0.1, -0.05) is 163 Å². The predicted molar refractivity (Wildman–Crippen MR) is 299 cm³/mol. The van der Waals surface area contributed by atoms with Crippen molar-refractivity contribution in [1.29, 1.82) is 0 Å². The van der Waals surface area contributed by atoms with Gasteiger partial charge in [-0.3, -0.25) is 0 Å². The Bertz CT molecular complexity index is 3130. The third-order valence-electron chi connectivity index (χ3n) is 9.79. The number of para-hydroxylation sites is 9. The number of methoxy groups -OCH3 is 2. The summed E-state index contributed by atoms with van der Waals surface area (Å²) in [6.45, 7) is 2.09. The average Bonchev–Trinajstić information content (AvgIpc) is 3.46. The van der Waals surface area contributed by atoms with Crippen molar-refractivity contribution < 1.29 is 16.3 Å². The molecule has 0 spiro atoms. The molecule has 10 aromatic rings. The summed E-state index contributed by atoms with van der Waals surface area (Å²) >= 11 is 0. The Morgan fingerprint density at radius 1 is 0.300 bits per heavy atom. The topological polar surface area (TPSA) is 78.6 Å². The van der Waals surface area contributed by atoms with Crippen molar-refractivity contribution in [2.24, 2.45) is 0 Å². The molecule has 0 unspecified atom stereocenters. The van der Waals surface area contributed by atoms with E-state index in [1.165, 1.54) is 5.56 Å². The van der Waals surface area contributed by atoms with Crippen LogP contribution in [0.1, 0.15) is 12.4 Å². The third kappa shape index (κ3) is 19.0. The van der Waals surface area contributed by atoms with E-state index in [1.54, 1.807) is 38.5 Å². The molecular formula is C63H61N5O2. The van der Waals surface area contributed by atoms with Crippen LogP contribution in [-0.4, -0.2) is 14.2 Å². The van der Waals surface area contributed by atoms with E-state index in [-0.39, 0.29) is 35.9 Å². The van der Waals surface area contributed by atoms with Gasteiger partial charge in [-0.25, -0.2) is 0 Å². The summed E-state index contributed by atoms with van der Waals surface area (Å²) in [5.41, 5.74) is 10.7. The summed E-state index contributed by atoms with van der Waals surface area (Å²) in [5, 5.41) is 16.1. The molecule has 7 heteroatoms. The lowest BCUT2D eigenvalue weighted by Gasteiger charge is -2.10. The van der Waals surface area contributed by atoms with Crippen molar-refractivity contribution in [3.05, 3.63) is 291 Å². The summed E-state index contributed by atoms with van der Waals surface area (Å²) < 4.78 is 48.5. The molecule has 0 heterocycles. The van der Waals surface area contributed by atoms with Gasteiger partial charge < -0.3 is 36.1 Å². The molecule has 7 nitrogen and oxygen atoms in total. The molecule has 10 aromatic carbocycles. The zero-order chi connectivity index (χ0) is 53.0. The highest BCUT2D eigenvalue weighted by Crippen LogP contribution is 2.27. The van der Waals surface area contributed by atoms with E-state index in [0.29, 0.717) is 5.69 Å². The molecule has 5 N–H and O–H groups in total. The smallest absolute Gasteiger partial charge is 0.142 e. The van der Waals surface area contributed by atoms with Crippen LogP contribution in [0.2, 0.25) is 0 Å². The van der Waals surface area contributed by atoms with Crippen molar-refractivity contribution in [2.75, 3.05) is 40.8 Å². The first-order valence-electron chi connectivity index (χ1n) is 25.2. The first-order valence-corrected chi connectivity index (χ1v) is 22.7. The lowest BCUT2D eigenvalue weighted by Crippen LogP contribution is -1.93. The highest BCUT2D eigenvalue weighted by Gasteiger charge is 2.01. The molecule has 10 rings (SSSR count). The van der Waals surface area contributed by atoms with Crippen LogP contribution >= 0.6 is 0 Å². The fourth-order valence-electron chi connectivity index (χ4n) is 6.33. The zero-order valence-corrected chi connectivity index (χ0v) is 39.6. The Balaban J connectivity index is 0.000000153. The maximum atomic E-state index is 7.75. The van der Waals surface area contributed by atoms with Crippen molar-refractivity contribution in [3.63, 3.8) is 0 Å². The van der Waals surface area contributed by atoms with E-state index in [9.17, 15) is 0 Å². The second-order valence-corrected chi connectivity index (χ2v) is 15.1. The van der Waals surface area contributed by atoms with E-state index in [1.807, 2.05) is 194 Å². The van der Waals surface area contributed by atoms with Crippen LogP contribution in [0, 0.1) is 6.92 Å². The molecule has 0 aliphatic rings. The standard InChI is InChI=1S/2C13H13NO.C13H13N.2C12H11N/c1-15-13-10-6-5-9-12(13)14-11-7-3-2-4-8-11;1-15-13-9-5-8-12(10-13)14-11-6-3-2-4-7-11;1-11-7-9-13(10-8-11)14-12-5-3-2-4-6-12;2*1-3-7-11(8-4-1)13-12-9-5-2-6-10-12/h2*2-10,14H,1H3;2-10,14H,1H3;2*1-10,13H/i;;;1D,3D,4D,7D,8D;. The zero-order valence-electron chi connectivity index (χ0n) is 44.6. The quantitative estimate of drug-likeness (QED) is 0.0835. The van der Waals surface area contributed by atoms with Crippen LogP contribution in [0.3, 0.4) is 0 Å². The molecule has 0 saturated heterocycles. The minimum absolute atomic E-state index is 0.0900. The van der Waals surface area contributed by atoms with Crippen LogP contribution in [0.5, 0.6) is 11.5 Å². The van der Waals surface area contributed by atoms with E-state index >= 15 is 0 Å². The largest absolute Gasteiger partial charge is 0.497 e. The second kappa shape index (κ2) is 29.4. The van der Waals surface area contributed by atoms with Gasteiger partial charge in [-0.2, -0.15) is 0 Å². The van der Waals surface area contributed by atoms with E-state index < -0.39 is 0 Å². The lowest BCUT2D eigenvalue weighted by atomic mass is 10.2. The number of rotatable bonds is 12. The van der Waals surface area contributed by atoms with Crippen molar-refractivity contribution in [1.82, 2.24) is 0 Å². The van der Waals surface area contributed by atoms with Crippen LogP contribution < -0.4 is 36.1 Å². The van der Waals surface area contributed by atoms with Crippen LogP contribution in [-0.2, 0) is 0 Å². The number of ether oxygens (including phenoxy) is 2. The van der Waals surface area contributed by atoms with E-state index in [4.69, 9.17) is 16.3 Å². The van der Waals surface area contributed by atoms with Gasteiger partial charge in [0.05, 0.1) is 26.8 Å². The van der Waals surface area contributed by atoms with E-state index in [2.05, 4.69) is 69.9 Å². The van der Waals surface area contributed by atoms with Gasteiger partial charge in [0, 0.05) is 57.3 Å². The van der Waals surface area contributed by atoms with Crippen molar-refractivity contribution in [3.8, 4) is 11.5 Å². The monoisotopic (exact) mass is 925 g/mol. The molecule has 0 amide bonds. The van der Waals surface area contributed by atoms with Gasteiger partial charge >= 0.3 is 0 Å². The summed E-state index contributed by atoms with van der Waals surface area (Å²) in [4.78, 5) is 0. The molecule has 0 aromatic heterocycles. The first kappa shape index (κ1) is 43.4. The summed E-state index contributed by atoms with van der Waals surface area (Å²) in [6, 6.07) is 82.1. The second-order valence-electron chi connectivity index (χ2n) is 15.1. The molecule has 0 saturated carbocycles. The van der Waals surface area contributed by atoms with Gasteiger partial charge in [0.15, 0.2) is 0 Å². The fourth-order valence-corrected chi connectivity index (χ4v) is 6.33. The predicted octanol–water partition coefficient (Wildman–Crippen LogP) is 17.5. The maximum Gasteiger partial charge on any atom is 0.142 e. The minimum atomic E-state index is -0.386. The summed E-state index contributed by atoms with van der Waals surface area (Å²) in [5.74, 6) is 1.71. The van der Waals surface area contributed by atoms with Gasteiger partial charge in [0.1, 0.15) is 11.5 Å². The lowest BCUT2D eigenvalue weighted by molar-refractivity contribution is 0.415. The molecule has 0 bridgehead atoms. The van der Waals surface area contributed by atoms with Gasteiger partial charge in [-0.05, 0) is 128 Å². The average molecular weight is 925 g/mol. The molecule has 0 atom stereocenters. The minimum Gasteiger partial charge on any atom is -0.497 e. The normalized spacial score (nSPS) is 10.6. The molecule has 0 fully saturated rings. The molecule has 0 aliphatic heterocycles. The Kier molecular flexibility index (Phi) is 18.2. The number of benzene rings is 10. The molecule has 350 valence electrons. The SMILES string of the molecule is COc1cccc(Nc2ccccc2)c1.COc1ccccc1Nc1ccccc1.Cc1ccc(Nc2ccccc2)cc1.[2H]c1c([2H])c([2H])c(Nc2ccccc2)c([2H])c1[2H].c1ccc(Nc2ccccc2)cc1. The molecular weight excluding hydrogens is 859 g/mol. The summed E-state index contributed by atoms with van der Waals surface area (Å²) in [6.07, 6.45) is 0.